The van der Waals surface area contributed by atoms with Crippen LogP contribution in [0.2, 0.25) is 6.55 Å². The van der Waals surface area contributed by atoms with Crippen LogP contribution < -0.4 is 15.6 Å². The Bertz CT molecular complexity index is 767. The molecule has 0 heterocycles. The molecule has 3 aromatic rings. The highest BCUT2D eigenvalue weighted by Crippen LogP contribution is 2.16. The Labute approximate surface area is 157 Å². The van der Waals surface area contributed by atoms with E-state index in [1.54, 1.807) is 7.11 Å². The molecule has 0 fully saturated rings. The molecule has 1 atom stereocenters. The first-order valence-electron chi connectivity index (χ1n) is 8.67. The molecule has 0 aliphatic rings. The molecule has 0 aliphatic carbocycles. The maximum Gasteiger partial charge on any atom is 0.388 e. The van der Waals surface area contributed by atoms with Gasteiger partial charge in [-0.1, -0.05) is 91.0 Å². The summed E-state index contributed by atoms with van der Waals surface area (Å²) in [6.07, 6.45) is -0.129. The third kappa shape index (κ3) is 3.58. The lowest BCUT2D eigenvalue weighted by atomic mass is 10.4. The fourth-order valence-electron chi connectivity index (χ4n) is 3.23. The molecule has 0 aliphatic heterocycles. The van der Waals surface area contributed by atoms with E-state index >= 15 is 0 Å². The second kappa shape index (κ2) is 8.11. The van der Waals surface area contributed by atoms with Gasteiger partial charge in [-0.25, -0.2) is 0 Å². The average molecular weight is 381 g/mol. The summed E-state index contributed by atoms with van der Waals surface area (Å²) in [5.74, 6) is 0. The molecule has 3 nitrogen and oxygen atoms in total. The first-order valence-corrected chi connectivity index (χ1v) is 13.1. The monoisotopic (exact) mass is 380 g/mol. The summed E-state index contributed by atoms with van der Waals surface area (Å²) in [7, 11) is -3.95. The van der Waals surface area contributed by atoms with Crippen LogP contribution in [0.25, 0.3) is 0 Å². The van der Waals surface area contributed by atoms with E-state index in [4.69, 9.17) is 8.54 Å². The summed E-state index contributed by atoms with van der Waals surface area (Å²) in [6.45, 7) is 2.18. The van der Waals surface area contributed by atoms with Crippen LogP contribution in [0.3, 0.4) is 0 Å². The molecule has 134 valence electrons. The number of aliphatic hydroxyl groups excluding tert-OH is 1. The molecule has 0 saturated carbocycles. The van der Waals surface area contributed by atoms with Gasteiger partial charge in [0.25, 0.3) is 0 Å². The van der Waals surface area contributed by atoms with Gasteiger partial charge in [-0.05, 0) is 22.1 Å². The van der Waals surface area contributed by atoms with Gasteiger partial charge in [-0.3, -0.25) is 0 Å². The van der Waals surface area contributed by atoms with Crippen LogP contribution in [-0.2, 0) is 8.54 Å². The molecule has 0 saturated heterocycles. The molecule has 3 aromatic carbocycles. The maximum atomic E-state index is 10.3. The third-order valence-corrected chi connectivity index (χ3v) is 12.9. The molecule has 0 amide bonds. The smallest absolute Gasteiger partial charge is 0.388 e. The quantitative estimate of drug-likeness (QED) is 0.637. The van der Waals surface area contributed by atoms with Crippen LogP contribution in [0.1, 0.15) is 0 Å². The van der Waals surface area contributed by atoms with Crippen molar-refractivity contribution < 1.29 is 13.6 Å². The third-order valence-electron chi connectivity index (χ3n) is 4.77. The van der Waals surface area contributed by atoms with Gasteiger partial charge in [0.15, 0.2) is 0 Å². The van der Waals surface area contributed by atoms with E-state index in [-0.39, 0.29) is 6.23 Å². The van der Waals surface area contributed by atoms with Gasteiger partial charge in [-0.2, -0.15) is 0 Å². The van der Waals surface area contributed by atoms with Crippen LogP contribution >= 0.6 is 0 Å². The van der Waals surface area contributed by atoms with Crippen molar-refractivity contribution in [1.29, 1.82) is 0 Å². The highest BCUT2D eigenvalue weighted by molar-refractivity contribution is 7.03. The van der Waals surface area contributed by atoms with Gasteiger partial charge in [0.05, 0.1) is 6.23 Å². The lowest BCUT2D eigenvalue weighted by Crippen LogP contribution is -2.70. The van der Waals surface area contributed by atoms with Crippen molar-refractivity contribution in [3.05, 3.63) is 91.0 Å². The number of rotatable bonds is 7. The minimum Gasteiger partial charge on any atom is -0.424 e. The van der Waals surface area contributed by atoms with Crippen LogP contribution in [0.4, 0.5) is 0 Å². The maximum absolute atomic E-state index is 10.3. The van der Waals surface area contributed by atoms with Crippen molar-refractivity contribution in [1.82, 2.24) is 0 Å². The Morgan fingerprint density at radius 1 is 0.692 bits per heavy atom. The van der Waals surface area contributed by atoms with Crippen LogP contribution in [0.5, 0.6) is 0 Å². The predicted molar refractivity (Wildman–Crippen MR) is 111 cm³/mol. The molecular weight excluding hydrogens is 356 g/mol. The first-order chi connectivity index (χ1) is 12.6. The molecular formula is C21H24O3Si2. The van der Waals surface area contributed by atoms with E-state index in [1.165, 1.54) is 0 Å². The average Bonchev–Trinajstić information content (AvgIpc) is 2.74. The molecule has 0 radical (unpaired) electrons. The lowest BCUT2D eigenvalue weighted by molar-refractivity contribution is 0.248. The van der Waals surface area contributed by atoms with Crippen molar-refractivity contribution in [3.8, 4) is 0 Å². The Hall–Kier alpha value is -2.03. The van der Waals surface area contributed by atoms with Crippen molar-refractivity contribution in [3.63, 3.8) is 0 Å². The van der Waals surface area contributed by atoms with Gasteiger partial charge in [0.2, 0.25) is 8.32 Å². The summed E-state index contributed by atoms with van der Waals surface area (Å²) >= 11 is 0. The zero-order chi connectivity index (χ0) is 18.5. The fourth-order valence-corrected chi connectivity index (χ4v) is 11.1. The fraction of sp³-hybridized carbons (Fsp3) is 0.143. The van der Waals surface area contributed by atoms with Gasteiger partial charge < -0.3 is 13.6 Å². The lowest BCUT2D eigenvalue weighted by Gasteiger charge is -2.38. The number of hydrogen-bond acceptors (Lipinski definition) is 3. The van der Waals surface area contributed by atoms with E-state index < -0.39 is 16.9 Å². The molecule has 26 heavy (non-hydrogen) atoms. The zero-order valence-corrected chi connectivity index (χ0v) is 17.1. The van der Waals surface area contributed by atoms with E-state index in [0.717, 1.165) is 15.6 Å². The van der Waals surface area contributed by atoms with Gasteiger partial charge in [-0.15, -0.1) is 0 Å². The van der Waals surface area contributed by atoms with Crippen LogP contribution in [0, 0.1) is 0 Å². The van der Waals surface area contributed by atoms with E-state index in [2.05, 4.69) is 30.8 Å². The summed E-state index contributed by atoms with van der Waals surface area (Å²) in [4.78, 5) is 0. The van der Waals surface area contributed by atoms with Gasteiger partial charge in [0, 0.05) is 7.11 Å². The normalized spacial score (nSPS) is 14.0. The van der Waals surface area contributed by atoms with Gasteiger partial charge >= 0.3 is 8.56 Å². The minimum atomic E-state index is -3.00. The van der Waals surface area contributed by atoms with E-state index in [0.29, 0.717) is 0 Å². The molecule has 1 N–H and O–H groups in total. The second-order valence-corrected chi connectivity index (χ2v) is 13.2. The number of hydrogen-bond donors (Lipinski definition) is 1. The first kappa shape index (κ1) is 18.8. The standard InChI is InChI=1S/C21H24O3Si2/c1-23-26(18-22,21-16-10-5-11-17-21)24-25(2,19-12-6-3-7-13-19)20-14-8-4-9-15-20/h3-17,22H,18H2,1-2H3. The number of aliphatic hydroxyl groups is 1. The van der Waals surface area contributed by atoms with Crippen molar-refractivity contribution in [2.75, 3.05) is 13.3 Å². The Kier molecular flexibility index (Phi) is 5.85. The SMILES string of the molecule is CO[Si](CO)(O[Si](C)(c1ccccc1)c1ccccc1)c1ccccc1. The molecule has 0 bridgehead atoms. The topological polar surface area (TPSA) is 38.7 Å². The van der Waals surface area contributed by atoms with Crippen molar-refractivity contribution in [2.24, 2.45) is 0 Å². The van der Waals surface area contributed by atoms with E-state index in [9.17, 15) is 5.11 Å². The van der Waals surface area contributed by atoms with Gasteiger partial charge in [0.1, 0.15) is 0 Å². The summed E-state index contributed by atoms with van der Waals surface area (Å²) < 4.78 is 12.8. The zero-order valence-electron chi connectivity index (χ0n) is 15.1. The molecule has 0 spiro atoms. The Morgan fingerprint density at radius 2 is 1.08 bits per heavy atom. The van der Waals surface area contributed by atoms with E-state index in [1.807, 2.05) is 66.7 Å². The van der Waals surface area contributed by atoms with Crippen molar-refractivity contribution >= 4 is 32.4 Å². The summed E-state index contributed by atoms with van der Waals surface area (Å²) in [5.41, 5.74) is 0. The Morgan fingerprint density at radius 3 is 1.42 bits per heavy atom. The molecule has 3 rings (SSSR count). The summed E-state index contributed by atoms with van der Waals surface area (Å²) in [6, 6.07) is 30.4. The predicted octanol–water partition coefficient (Wildman–Crippen LogP) is 1.92. The molecule has 0 aromatic heterocycles. The highest BCUT2D eigenvalue weighted by atomic mass is 28.4. The largest absolute Gasteiger partial charge is 0.424 e. The van der Waals surface area contributed by atoms with Crippen LogP contribution in [-0.4, -0.2) is 35.3 Å². The number of benzene rings is 3. The van der Waals surface area contributed by atoms with Crippen molar-refractivity contribution in [2.45, 2.75) is 6.55 Å². The second-order valence-electron chi connectivity index (χ2n) is 6.35. The summed E-state index contributed by atoms with van der Waals surface area (Å²) in [5, 5.41) is 13.6. The molecule has 1 unspecified atom stereocenters. The Balaban J connectivity index is 2.13. The highest BCUT2D eigenvalue weighted by Gasteiger charge is 2.48. The molecule has 5 heteroatoms. The van der Waals surface area contributed by atoms with Crippen LogP contribution in [0.15, 0.2) is 91.0 Å². The minimum absolute atomic E-state index is 0.129.